The van der Waals surface area contributed by atoms with Crippen molar-refractivity contribution in [3.8, 4) is 0 Å². The van der Waals surface area contributed by atoms with Crippen molar-refractivity contribution in [3.05, 3.63) is 0 Å². The average molecular weight is 273 g/mol. The number of carbonyl (C=O) groups is 1. The normalized spacial score (nSPS) is 18.8. The van der Waals surface area contributed by atoms with Crippen molar-refractivity contribution in [2.45, 2.75) is 25.8 Å². The maximum atomic E-state index is 11.8. The van der Waals surface area contributed by atoms with E-state index in [0.29, 0.717) is 6.04 Å². The molecule has 0 saturated carbocycles. The lowest BCUT2D eigenvalue weighted by atomic mass is 10.0. The van der Waals surface area contributed by atoms with Gasteiger partial charge in [0.05, 0.1) is 0 Å². The molecular weight excluding hydrogens is 246 g/mol. The number of thioether (sulfide) groups is 1. The van der Waals surface area contributed by atoms with Crippen molar-refractivity contribution in [2.24, 2.45) is 5.92 Å². The molecule has 5 heteroatoms. The molecule has 1 fully saturated rings. The summed E-state index contributed by atoms with van der Waals surface area (Å²) in [7, 11) is 3.63. The van der Waals surface area contributed by atoms with Gasteiger partial charge in [-0.25, -0.2) is 4.79 Å². The second-order valence-corrected chi connectivity index (χ2v) is 6.32. The first-order valence-electron chi connectivity index (χ1n) is 6.73. The Morgan fingerprint density at radius 3 is 2.56 bits per heavy atom. The van der Waals surface area contributed by atoms with Gasteiger partial charge in [0.1, 0.15) is 0 Å². The predicted molar refractivity (Wildman–Crippen MR) is 79.2 cm³/mol. The van der Waals surface area contributed by atoms with E-state index in [1.165, 1.54) is 5.75 Å². The smallest absolute Gasteiger partial charge is 0.319 e. The number of nitrogens with one attached hydrogen (secondary N) is 1. The van der Waals surface area contributed by atoms with E-state index in [1.54, 1.807) is 4.90 Å². The Balaban J connectivity index is 2.21. The van der Waals surface area contributed by atoms with E-state index in [2.05, 4.69) is 18.5 Å². The number of urea groups is 1. The molecule has 0 aliphatic carbocycles. The van der Waals surface area contributed by atoms with Crippen LogP contribution in [0.5, 0.6) is 0 Å². The van der Waals surface area contributed by atoms with Gasteiger partial charge in [0.15, 0.2) is 0 Å². The van der Waals surface area contributed by atoms with E-state index in [1.807, 2.05) is 30.8 Å². The largest absolute Gasteiger partial charge is 0.331 e. The molecule has 0 aromatic rings. The molecule has 18 heavy (non-hydrogen) atoms. The van der Waals surface area contributed by atoms with E-state index < -0.39 is 0 Å². The third-order valence-electron chi connectivity index (χ3n) is 3.35. The fourth-order valence-corrected chi connectivity index (χ4v) is 2.96. The fraction of sp³-hybridized carbons (Fsp3) is 0.923. The molecule has 0 bridgehead atoms. The third-order valence-corrected chi connectivity index (χ3v) is 4.26. The van der Waals surface area contributed by atoms with Crippen LogP contribution in [0, 0.1) is 5.92 Å². The quantitative estimate of drug-likeness (QED) is 0.828. The second kappa shape index (κ2) is 7.89. The highest BCUT2D eigenvalue weighted by Crippen LogP contribution is 2.12. The maximum Gasteiger partial charge on any atom is 0.319 e. The Morgan fingerprint density at radius 1 is 1.44 bits per heavy atom. The first-order valence-corrected chi connectivity index (χ1v) is 8.12. The lowest BCUT2D eigenvalue weighted by molar-refractivity contribution is 0.152. The van der Waals surface area contributed by atoms with Crippen molar-refractivity contribution in [3.63, 3.8) is 0 Å². The van der Waals surface area contributed by atoms with Crippen LogP contribution in [-0.4, -0.2) is 67.6 Å². The number of amides is 2. The molecule has 1 atom stereocenters. The van der Waals surface area contributed by atoms with Crippen LogP contribution >= 0.6 is 11.8 Å². The number of hydrogen-bond acceptors (Lipinski definition) is 3. The molecule has 1 N–H and O–H groups in total. The molecule has 106 valence electrons. The van der Waals surface area contributed by atoms with E-state index in [0.717, 1.165) is 38.4 Å². The first kappa shape index (κ1) is 15.6. The average Bonchev–Trinajstić information content (AvgIpc) is 2.36. The Kier molecular flexibility index (Phi) is 6.86. The van der Waals surface area contributed by atoms with E-state index in [4.69, 9.17) is 0 Å². The standard InChI is InChI=1S/C13H27N3OS/c1-11(10-18-4)9-14-12-5-7-16(8-6-12)13(17)15(2)3/h11-12,14H,5-10H2,1-4H3. The molecular formula is C13H27N3OS. The van der Waals surface area contributed by atoms with E-state index in [9.17, 15) is 4.79 Å². The van der Waals surface area contributed by atoms with Gasteiger partial charge < -0.3 is 15.1 Å². The Bertz CT molecular complexity index is 253. The van der Waals surface area contributed by atoms with Crippen LogP contribution in [0.4, 0.5) is 4.79 Å². The summed E-state index contributed by atoms with van der Waals surface area (Å²) >= 11 is 1.91. The summed E-state index contributed by atoms with van der Waals surface area (Å²) in [6, 6.07) is 0.727. The van der Waals surface area contributed by atoms with Gasteiger partial charge in [-0.2, -0.15) is 11.8 Å². The van der Waals surface area contributed by atoms with Gasteiger partial charge >= 0.3 is 6.03 Å². The Hall–Kier alpha value is -0.420. The minimum absolute atomic E-state index is 0.143. The molecule has 0 spiro atoms. The number of hydrogen-bond donors (Lipinski definition) is 1. The Labute approximate surface area is 115 Å². The van der Waals surface area contributed by atoms with E-state index >= 15 is 0 Å². The minimum Gasteiger partial charge on any atom is -0.331 e. The second-order valence-electron chi connectivity index (χ2n) is 5.41. The van der Waals surface area contributed by atoms with Crippen molar-refractivity contribution >= 4 is 17.8 Å². The zero-order chi connectivity index (χ0) is 13.5. The molecule has 0 radical (unpaired) electrons. The van der Waals surface area contributed by atoms with Gasteiger partial charge in [0.25, 0.3) is 0 Å². The van der Waals surface area contributed by atoms with Crippen LogP contribution in [0.1, 0.15) is 19.8 Å². The van der Waals surface area contributed by atoms with Crippen molar-refractivity contribution in [1.82, 2.24) is 15.1 Å². The summed E-state index contributed by atoms with van der Waals surface area (Å²) in [6.45, 7) is 5.14. The summed E-state index contributed by atoms with van der Waals surface area (Å²) in [5, 5.41) is 3.63. The van der Waals surface area contributed by atoms with Crippen LogP contribution < -0.4 is 5.32 Å². The lowest BCUT2D eigenvalue weighted by Gasteiger charge is -2.34. The molecule has 1 unspecified atom stereocenters. The van der Waals surface area contributed by atoms with Crippen molar-refractivity contribution in [1.29, 1.82) is 0 Å². The first-order chi connectivity index (χ1) is 8.54. The predicted octanol–water partition coefficient (Wildman–Crippen LogP) is 1.72. The number of nitrogens with zero attached hydrogens (tertiary/aromatic N) is 2. The number of carbonyl (C=O) groups excluding carboxylic acids is 1. The summed E-state index contributed by atoms with van der Waals surface area (Å²) in [5.74, 6) is 1.94. The highest BCUT2D eigenvalue weighted by Gasteiger charge is 2.23. The van der Waals surface area contributed by atoms with Crippen molar-refractivity contribution in [2.75, 3.05) is 45.7 Å². The highest BCUT2D eigenvalue weighted by molar-refractivity contribution is 7.98. The van der Waals surface area contributed by atoms with Crippen LogP contribution in [0.3, 0.4) is 0 Å². The number of piperidine rings is 1. The summed E-state index contributed by atoms with van der Waals surface area (Å²) in [6.07, 6.45) is 4.30. The van der Waals surface area contributed by atoms with Gasteiger partial charge in [-0.15, -0.1) is 0 Å². The molecule has 2 amide bonds. The molecule has 4 nitrogen and oxygen atoms in total. The zero-order valence-corrected chi connectivity index (χ0v) is 12.9. The zero-order valence-electron chi connectivity index (χ0n) is 12.1. The Morgan fingerprint density at radius 2 is 2.06 bits per heavy atom. The summed E-state index contributed by atoms with van der Waals surface area (Å²) < 4.78 is 0. The van der Waals surface area contributed by atoms with Gasteiger partial charge in [-0.1, -0.05) is 6.92 Å². The lowest BCUT2D eigenvalue weighted by Crippen LogP contribution is -2.48. The molecule has 1 heterocycles. The molecule has 1 rings (SSSR count). The molecule has 0 aromatic carbocycles. The topological polar surface area (TPSA) is 35.6 Å². The monoisotopic (exact) mass is 273 g/mol. The number of likely N-dealkylation sites (tertiary alicyclic amines) is 1. The minimum atomic E-state index is 0.143. The molecule has 1 saturated heterocycles. The third kappa shape index (κ3) is 5.06. The number of rotatable bonds is 5. The van der Waals surface area contributed by atoms with Gasteiger partial charge in [0.2, 0.25) is 0 Å². The molecule has 1 aliphatic heterocycles. The van der Waals surface area contributed by atoms with Gasteiger partial charge in [-0.3, -0.25) is 0 Å². The SMILES string of the molecule is CSCC(C)CNC1CCN(C(=O)N(C)C)CC1. The van der Waals surface area contributed by atoms with Gasteiger partial charge in [0, 0.05) is 33.2 Å². The van der Waals surface area contributed by atoms with Crippen LogP contribution in [0.2, 0.25) is 0 Å². The summed E-state index contributed by atoms with van der Waals surface area (Å²) in [5.41, 5.74) is 0. The molecule has 0 aromatic heterocycles. The fourth-order valence-electron chi connectivity index (χ4n) is 2.27. The highest BCUT2D eigenvalue weighted by atomic mass is 32.2. The van der Waals surface area contributed by atoms with Crippen LogP contribution in [0.15, 0.2) is 0 Å². The van der Waals surface area contributed by atoms with Crippen LogP contribution in [0.25, 0.3) is 0 Å². The molecule has 1 aliphatic rings. The van der Waals surface area contributed by atoms with Crippen LogP contribution in [-0.2, 0) is 0 Å². The summed E-state index contributed by atoms with van der Waals surface area (Å²) in [4.78, 5) is 15.4. The maximum absolute atomic E-state index is 11.8. The van der Waals surface area contributed by atoms with Crippen molar-refractivity contribution < 1.29 is 4.79 Å². The van der Waals surface area contributed by atoms with Gasteiger partial charge in [-0.05, 0) is 37.3 Å². The van der Waals surface area contributed by atoms with E-state index in [-0.39, 0.29) is 6.03 Å².